The highest BCUT2D eigenvalue weighted by molar-refractivity contribution is 4.86. The van der Waals surface area contributed by atoms with Crippen LogP contribution in [0.3, 0.4) is 0 Å². The lowest BCUT2D eigenvalue weighted by molar-refractivity contribution is 0.0187. The van der Waals surface area contributed by atoms with Crippen molar-refractivity contribution in [2.45, 2.75) is 63.6 Å². The maximum atomic E-state index is 10.1. The Morgan fingerprint density at radius 1 is 1.19 bits per heavy atom. The van der Waals surface area contributed by atoms with Crippen LogP contribution in [0, 0.1) is 0 Å². The topological polar surface area (TPSA) is 35.5 Å². The van der Waals surface area contributed by atoms with Gasteiger partial charge in [-0.05, 0) is 38.8 Å². The summed E-state index contributed by atoms with van der Waals surface area (Å²) >= 11 is 0. The minimum Gasteiger partial charge on any atom is -0.391 e. The fraction of sp³-hybridized carbons (Fsp3) is 1.00. The summed E-state index contributed by atoms with van der Waals surface area (Å²) in [6, 6.07) is 1.08. The summed E-state index contributed by atoms with van der Waals surface area (Å²) in [5, 5.41) is 13.6. The second-order valence-corrected chi connectivity index (χ2v) is 5.30. The lowest BCUT2D eigenvalue weighted by Crippen LogP contribution is -2.49. The van der Waals surface area contributed by atoms with Crippen LogP contribution in [-0.4, -0.2) is 47.8 Å². The second-order valence-electron chi connectivity index (χ2n) is 5.30. The zero-order valence-corrected chi connectivity index (χ0v) is 10.5. The molecule has 1 aliphatic heterocycles. The molecule has 1 heterocycles. The molecule has 1 saturated carbocycles. The molecule has 2 aliphatic rings. The molecule has 2 fully saturated rings. The monoisotopic (exact) mass is 226 g/mol. The predicted molar refractivity (Wildman–Crippen MR) is 66.5 cm³/mol. The van der Waals surface area contributed by atoms with E-state index in [9.17, 15) is 5.11 Å². The molecule has 0 spiro atoms. The summed E-state index contributed by atoms with van der Waals surface area (Å²) < 4.78 is 0. The van der Waals surface area contributed by atoms with Crippen LogP contribution in [0.25, 0.3) is 0 Å². The van der Waals surface area contributed by atoms with Gasteiger partial charge >= 0.3 is 0 Å². The van der Waals surface area contributed by atoms with Gasteiger partial charge < -0.3 is 10.4 Å². The van der Waals surface area contributed by atoms with E-state index in [2.05, 4.69) is 17.1 Å². The van der Waals surface area contributed by atoms with E-state index in [4.69, 9.17) is 0 Å². The van der Waals surface area contributed by atoms with Crippen LogP contribution in [-0.2, 0) is 0 Å². The third-order valence-corrected chi connectivity index (χ3v) is 4.19. The molecule has 0 radical (unpaired) electrons. The largest absolute Gasteiger partial charge is 0.391 e. The number of aliphatic hydroxyl groups excluding tert-OH is 1. The maximum Gasteiger partial charge on any atom is 0.0695 e. The summed E-state index contributed by atoms with van der Waals surface area (Å²) in [5.74, 6) is 0. The van der Waals surface area contributed by atoms with E-state index in [1.807, 2.05) is 0 Å². The number of nitrogens with zero attached hydrogens (tertiary/aromatic N) is 1. The first-order valence-electron chi connectivity index (χ1n) is 6.96. The van der Waals surface area contributed by atoms with E-state index in [0.717, 1.165) is 19.5 Å². The number of likely N-dealkylation sites (N-methyl/N-ethyl adjacent to an activating group) is 1. The Morgan fingerprint density at radius 3 is 2.62 bits per heavy atom. The average Bonchev–Trinajstić information content (AvgIpc) is 2.80. The first-order valence-corrected chi connectivity index (χ1v) is 6.96. The Hall–Kier alpha value is -0.120. The van der Waals surface area contributed by atoms with E-state index < -0.39 is 0 Å². The number of nitrogens with one attached hydrogen (secondary N) is 1. The van der Waals surface area contributed by atoms with Gasteiger partial charge in [-0.1, -0.05) is 19.8 Å². The minimum atomic E-state index is -0.0879. The van der Waals surface area contributed by atoms with Crippen LogP contribution in [0.1, 0.15) is 45.4 Å². The van der Waals surface area contributed by atoms with Crippen LogP contribution in [0.2, 0.25) is 0 Å². The molecule has 1 saturated heterocycles. The van der Waals surface area contributed by atoms with Gasteiger partial charge in [-0.2, -0.15) is 0 Å². The van der Waals surface area contributed by atoms with Crippen LogP contribution in [0.5, 0.6) is 0 Å². The van der Waals surface area contributed by atoms with Gasteiger partial charge in [0.25, 0.3) is 0 Å². The van der Waals surface area contributed by atoms with Crippen molar-refractivity contribution in [1.29, 1.82) is 0 Å². The summed E-state index contributed by atoms with van der Waals surface area (Å²) in [5.41, 5.74) is 0. The third-order valence-electron chi connectivity index (χ3n) is 4.19. The summed E-state index contributed by atoms with van der Waals surface area (Å²) in [6.45, 7) is 5.59. The Balaban J connectivity index is 1.86. The lowest BCUT2D eigenvalue weighted by Gasteiger charge is -2.38. The number of rotatable bonds is 4. The number of aliphatic hydroxyl groups is 1. The Bertz CT molecular complexity index is 204. The van der Waals surface area contributed by atoms with Crippen molar-refractivity contribution in [1.82, 2.24) is 10.2 Å². The molecule has 94 valence electrons. The normalized spacial score (nSPS) is 35.8. The quantitative estimate of drug-likeness (QED) is 0.760. The number of hydrogen-bond donors (Lipinski definition) is 2. The van der Waals surface area contributed by atoms with Gasteiger partial charge in [0, 0.05) is 18.6 Å². The highest BCUT2D eigenvalue weighted by atomic mass is 16.3. The fourth-order valence-electron chi connectivity index (χ4n) is 3.21. The minimum absolute atomic E-state index is 0.0879. The highest BCUT2D eigenvalue weighted by Crippen LogP contribution is 2.23. The van der Waals surface area contributed by atoms with Crippen LogP contribution in [0.15, 0.2) is 0 Å². The van der Waals surface area contributed by atoms with Gasteiger partial charge in [0.2, 0.25) is 0 Å². The molecule has 0 bridgehead atoms. The SMILES string of the molecule is CCN(CC1CCCN1)C1CCCCC1O. The Morgan fingerprint density at radius 2 is 2.00 bits per heavy atom. The van der Waals surface area contributed by atoms with Crippen molar-refractivity contribution in [3.05, 3.63) is 0 Å². The first-order chi connectivity index (χ1) is 7.81. The van der Waals surface area contributed by atoms with Crippen molar-refractivity contribution in [3.8, 4) is 0 Å². The molecular formula is C13H26N2O. The number of hydrogen-bond acceptors (Lipinski definition) is 3. The molecule has 3 nitrogen and oxygen atoms in total. The van der Waals surface area contributed by atoms with Gasteiger partial charge in [-0.25, -0.2) is 0 Å². The molecular weight excluding hydrogens is 200 g/mol. The molecule has 0 aromatic heterocycles. The van der Waals surface area contributed by atoms with E-state index >= 15 is 0 Å². The van der Waals surface area contributed by atoms with Gasteiger partial charge in [0.1, 0.15) is 0 Å². The van der Waals surface area contributed by atoms with Gasteiger partial charge in [0.05, 0.1) is 6.10 Å². The highest BCUT2D eigenvalue weighted by Gasteiger charge is 2.29. The van der Waals surface area contributed by atoms with Crippen molar-refractivity contribution in [2.24, 2.45) is 0 Å². The van der Waals surface area contributed by atoms with E-state index in [-0.39, 0.29) is 6.10 Å². The molecule has 1 aliphatic carbocycles. The molecule has 3 atom stereocenters. The van der Waals surface area contributed by atoms with Crippen LogP contribution >= 0.6 is 0 Å². The van der Waals surface area contributed by atoms with E-state index in [1.165, 1.54) is 38.6 Å². The first kappa shape index (κ1) is 12.3. The van der Waals surface area contributed by atoms with Crippen molar-refractivity contribution in [2.75, 3.05) is 19.6 Å². The lowest BCUT2D eigenvalue weighted by atomic mass is 9.91. The summed E-state index contributed by atoms with van der Waals surface area (Å²) in [6.07, 6.45) is 7.21. The zero-order valence-electron chi connectivity index (χ0n) is 10.5. The average molecular weight is 226 g/mol. The zero-order chi connectivity index (χ0) is 11.4. The van der Waals surface area contributed by atoms with Crippen molar-refractivity contribution in [3.63, 3.8) is 0 Å². The fourth-order valence-corrected chi connectivity index (χ4v) is 3.21. The van der Waals surface area contributed by atoms with Crippen LogP contribution < -0.4 is 5.32 Å². The molecule has 16 heavy (non-hydrogen) atoms. The standard InChI is InChI=1S/C13H26N2O/c1-2-15(10-11-6-5-9-14-11)12-7-3-4-8-13(12)16/h11-14,16H,2-10H2,1H3. The molecule has 2 rings (SSSR count). The molecule has 0 amide bonds. The van der Waals surface area contributed by atoms with Crippen molar-refractivity contribution >= 4 is 0 Å². The Kier molecular flexibility index (Phi) is 4.62. The van der Waals surface area contributed by atoms with Crippen molar-refractivity contribution < 1.29 is 5.11 Å². The smallest absolute Gasteiger partial charge is 0.0695 e. The van der Waals surface area contributed by atoms with Gasteiger partial charge in [-0.3, -0.25) is 4.90 Å². The van der Waals surface area contributed by atoms with E-state index in [1.54, 1.807) is 0 Å². The second kappa shape index (κ2) is 5.99. The van der Waals surface area contributed by atoms with Gasteiger partial charge in [-0.15, -0.1) is 0 Å². The molecule has 3 heteroatoms. The maximum absolute atomic E-state index is 10.1. The van der Waals surface area contributed by atoms with E-state index in [0.29, 0.717) is 12.1 Å². The summed E-state index contributed by atoms with van der Waals surface area (Å²) in [4.78, 5) is 2.49. The predicted octanol–water partition coefficient (Wildman–Crippen LogP) is 1.36. The molecule has 0 aromatic rings. The molecule has 3 unspecified atom stereocenters. The third kappa shape index (κ3) is 2.96. The molecule has 2 N–H and O–H groups in total. The molecule has 0 aromatic carbocycles. The van der Waals surface area contributed by atoms with Gasteiger partial charge in [0.15, 0.2) is 0 Å². The summed E-state index contributed by atoms with van der Waals surface area (Å²) in [7, 11) is 0. The Labute approximate surface area is 99.2 Å². The van der Waals surface area contributed by atoms with Crippen LogP contribution in [0.4, 0.5) is 0 Å².